The summed E-state index contributed by atoms with van der Waals surface area (Å²) in [6, 6.07) is 18.2. The first-order chi connectivity index (χ1) is 18.9. The summed E-state index contributed by atoms with van der Waals surface area (Å²) in [4.78, 5) is 16.1. The van der Waals surface area contributed by atoms with Gasteiger partial charge < -0.3 is 19.1 Å². The highest BCUT2D eigenvalue weighted by molar-refractivity contribution is 5.94. The molecule has 1 aliphatic rings. The van der Waals surface area contributed by atoms with E-state index >= 15 is 0 Å². The number of benzene rings is 2. The molecule has 0 bridgehead atoms. The Hall–Kier alpha value is -3.16. The Morgan fingerprint density at radius 3 is 2.46 bits per heavy atom. The van der Waals surface area contributed by atoms with Gasteiger partial charge in [-0.3, -0.25) is 9.48 Å². The van der Waals surface area contributed by atoms with Crippen molar-refractivity contribution in [2.75, 3.05) is 33.5 Å². The van der Waals surface area contributed by atoms with Crippen molar-refractivity contribution in [3.8, 4) is 5.75 Å². The van der Waals surface area contributed by atoms with Crippen molar-refractivity contribution >= 4 is 5.91 Å². The van der Waals surface area contributed by atoms with Crippen LogP contribution in [-0.2, 0) is 42.0 Å². The number of rotatable bonds is 10. The molecule has 4 rings (SSSR count). The molecule has 0 saturated heterocycles. The number of nitrogens with zero attached hydrogens (tertiary/aromatic N) is 3. The molecule has 1 aromatic heterocycles. The lowest BCUT2D eigenvalue weighted by Crippen LogP contribution is -2.34. The third kappa shape index (κ3) is 7.93. The van der Waals surface area contributed by atoms with E-state index in [1.165, 1.54) is 5.56 Å². The van der Waals surface area contributed by atoms with Gasteiger partial charge in [0.05, 0.1) is 26.0 Å². The van der Waals surface area contributed by atoms with E-state index in [9.17, 15) is 4.79 Å². The molecule has 3 aromatic rings. The van der Waals surface area contributed by atoms with Gasteiger partial charge in [-0.25, -0.2) is 0 Å². The number of aryl methyl sites for hydroxylation is 1. The highest BCUT2D eigenvalue weighted by Gasteiger charge is 2.30. The van der Waals surface area contributed by atoms with Crippen LogP contribution in [0.4, 0.5) is 0 Å². The SMILES string of the molecule is CCn1nc(CC(C)(C)COCc2ccccc2)c2c1C(=O)N(Cc1ccc(OC)cc1)CCCOCCC2. The Kier molecular flexibility index (Phi) is 10.2. The van der Waals surface area contributed by atoms with E-state index in [-0.39, 0.29) is 11.3 Å². The Balaban J connectivity index is 1.57. The summed E-state index contributed by atoms with van der Waals surface area (Å²) in [5, 5.41) is 5.00. The van der Waals surface area contributed by atoms with Gasteiger partial charge >= 0.3 is 0 Å². The van der Waals surface area contributed by atoms with Crippen LogP contribution in [0.2, 0.25) is 0 Å². The molecule has 0 N–H and O–H groups in total. The van der Waals surface area contributed by atoms with Crippen LogP contribution >= 0.6 is 0 Å². The van der Waals surface area contributed by atoms with Crippen molar-refractivity contribution in [3.05, 3.63) is 82.7 Å². The fourth-order valence-corrected chi connectivity index (χ4v) is 5.11. The van der Waals surface area contributed by atoms with E-state index in [0.717, 1.165) is 53.9 Å². The molecule has 39 heavy (non-hydrogen) atoms. The second kappa shape index (κ2) is 13.8. The number of carbonyl (C=O) groups is 1. The van der Waals surface area contributed by atoms with Crippen LogP contribution in [0, 0.1) is 5.41 Å². The van der Waals surface area contributed by atoms with Crippen molar-refractivity contribution in [1.82, 2.24) is 14.7 Å². The first-order valence-electron chi connectivity index (χ1n) is 14.1. The van der Waals surface area contributed by atoms with Crippen molar-refractivity contribution in [1.29, 1.82) is 0 Å². The lowest BCUT2D eigenvalue weighted by Gasteiger charge is -2.25. The smallest absolute Gasteiger partial charge is 0.272 e. The average Bonchev–Trinajstić information content (AvgIpc) is 3.26. The van der Waals surface area contributed by atoms with E-state index in [2.05, 4.69) is 32.9 Å². The number of ether oxygens (including phenoxy) is 3. The molecule has 0 saturated carbocycles. The van der Waals surface area contributed by atoms with Gasteiger partial charge in [-0.1, -0.05) is 56.3 Å². The number of amides is 1. The first-order valence-corrected chi connectivity index (χ1v) is 14.1. The zero-order valence-corrected chi connectivity index (χ0v) is 23.9. The van der Waals surface area contributed by atoms with Gasteiger partial charge in [0.25, 0.3) is 5.91 Å². The molecule has 7 heteroatoms. The summed E-state index contributed by atoms with van der Waals surface area (Å²) in [5.41, 5.74) is 4.88. The van der Waals surface area contributed by atoms with Crippen LogP contribution in [0.3, 0.4) is 0 Å². The van der Waals surface area contributed by atoms with E-state index in [0.29, 0.717) is 46.1 Å². The van der Waals surface area contributed by atoms with Gasteiger partial charge in [-0.2, -0.15) is 5.10 Å². The molecule has 2 aromatic carbocycles. The number of hydrogen-bond donors (Lipinski definition) is 0. The summed E-state index contributed by atoms with van der Waals surface area (Å²) in [7, 11) is 1.66. The Morgan fingerprint density at radius 2 is 1.74 bits per heavy atom. The van der Waals surface area contributed by atoms with Gasteiger partial charge in [-0.05, 0) is 61.3 Å². The van der Waals surface area contributed by atoms with E-state index < -0.39 is 0 Å². The fraction of sp³-hybridized carbons (Fsp3) is 0.500. The molecule has 0 atom stereocenters. The highest BCUT2D eigenvalue weighted by Crippen LogP contribution is 2.28. The molecule has 0 spiro atoms. The largest absolute Gasteiger partial charge is 0.497 e. The molecule has 1 amide bonds. The molecular weight excluding hydrogens is 490 g/mol. The van der Waals surface area contributed by atoms with E-state index in [4.69, 9.17) is 19.3 Å². The zero-order chi connectivity index (χ0) is 27.7. The number of fused-ring (bicyclic) bond motifs is 1. The predicted octanol–water partition coefficient (Wildman–Crippen LogP) is 5.69. The third-order valence-corrected chi connectivity index (χ3v) is 7.14. The fourth-order valence-electron chi connectivity index (χ4n) is 5.11. The van der Waals surface area contributed by atoms with Crippen LogP contribution in [0.25, 0.3) is 0 Å². The Labute approximate surface area is 233 Å². The highest BCUT2D eigenvalue weighted by atomic mass is 16.5. The van der Waals surface area contributed by atoms with Crippen LogP contribution in [-0.4, -0.2) is 54.1 Å². The summed E-state index contributed by atoms with van der Waals surface area (Å²) in [6.45, 7) is 10.8. The predicted molar refractivity (Wildman–Crippen MR) is 153 cm³/mol. The van der Waals surface area contributed by atoms with Crippen molar-refractivity contribution in [2.45, 2.75) is 66.2 Å². The number of aromatic nitrogens is 2. The third-order valence-electron chi connectivity index (χ3n) is 7.14. The lowest BCUT2D eigenvalue weighted by atomic mass is 9.86. The minimum absolute atomic E-state index is 0.0430. The van der Waals surface area contributed by atoms with Gasteiger partial charge in [-0.15, -0.1) is 0 Å². The van der Waals surface area contributed by atoms with Crippen LogP contribution < -0.4 is 4.74 Å². The maximum absolute atomic E-state index is 14.2. The summed E-state index contributed by atoms with van der Waals surface area (Å²) in [6.07, 6.45) is 3.18. The number of carbonyl (C=O) groups excluding carboxylic acids is 1. The lowest BCUT2D eigenvalue weighted by molar-refractivity contribution is 0.0508. The zero-order valence-electron chi connectivity index (χ0n) is 23.9. The quantitative estimate of drug-likeness (QED) is 0.335. The summed E-state index contributed by atoms with van der Waals surface area (Å²) in [5.74, 6) is 0.851. The molecule has 0 fully saturated rings. The maximum Gasteiger partial charge on any atom is 0.272 e. The Bertz CT molecular complexity index is 1190. The summed E-state index contributed by atoms with van der Waals surface area (Å²) < 4.78 is 19.2. The maximum atomic E-state index is 14.2. The minimum atomic E-state index is -0.135. The Morgan fingerprint density at radius 1 is 1.00 bits per heavy atom. The second-order valence-electron chi connectivity index (χ2n) is 11.1. The van der Waals surface area contributed by atoms with Gasteiger partial charge in [0.2, 0.25) is 0 Å². The first kappa shape index (κ1) is 28.8. The number of methoxy groups -OCH3 is 1. The normalized spacial score (nSPS) is 15.1. The molecule has 0 unspecified atom stereocenters. The van der Waals surface area contributed by atoms with Gasteiger partial charge in [0, 0.05) is 38.4 Å². The topological polar surface area (TPSA) is 65.8 Å². The summed E-state index contributed by atoms with van der Waals surface area (Å²) >= 11 is 0. The molecule has 1 aliphatic heterocycles. The average molecular weight is 534 g/mol. The van der Waals surface area contributed by atoms with E-state index in [1.54, 1.807) is 7.11 Å². The van der Waals surface area contributed by atoms with Crippen molar-refractivity contribution in [3.63, 3.8) is 0 Å². The molecule has 0 radical (unpaired) electrons. The molecule has 0 aliphatic carbocycles. The minimum Gasteiger partial charge on any atom is -0.497 e. The van der Waals surface area contributed by atoms with Gasteiger partial charge in [0.15, 0.2) is 0 Å². The molecular formula is C32H43N3O4. The molecule has 2 heterocycles. The second-order valence-corrected chi connectivity index (χ2v) is 11.1. The van der Waals surface area contributed by atoms with Crippen LogP contribution in [0.5, 0.6) is 5.75 Å². The number of hydrogen-bond acceptors (Lipinski definition) is 5. The molecule has 7 nitrogen and oxygen atoms in total. The van der Waals surface area contributed by atoms with Crippen LogP contribution in [0.1, 0.15) is 66.5 Å². The monoisotopic (exact) mass is 533 g/mol. The van der Waals surface area contributed by atoms with Crippen molar-refractivity contribution < 1.29 is 19.0 Å². The van der Waals surface area contributed by atoms with Crippen LogP contribution in [0.15, 0.2) is 54.6 Å². The standard InChI is InChI=1S/C32H43N3O4/c1-5-35-30-28(29(33-35)21-32(2,3)24-39-23-26-11-7-6-8-12-26)13-9-19-38-20-10-18-34(31(30)36)22-25-14-16-27(37-4)17-15-25/h6-8,11-12,14-17H,5,9-10,13,18-24H2,1-4H3. The van der Waals surface area contributed by atoms with Gasteiger partial charge in [0.1, 0.15) is 11.4 Å². The molecule has 210 valence electrons. The van der Waals surface area contributed by atoms with Crippen molar-refractivity contribution in [2.24, 2.45) is 5.41 Å². The van der Waals surface area contributed by atoms with E-state index in [1.807, 2.05) is 52.0 Å².